The van der Waals surface area contributed by atoms with E-state index in [0.29, 0.717) is 22.4 Å². The van der Waals surface area contributed by atoms with Gasteiger partial charge in [0, 0.05) is 31.1 Å². The molecule has 10 atom stereocenters. The predicted molar refractivity (Wildman–Crippen MR) is 204 cm³/mol. The van der Waals surface area contributed by atoms with Crippen LogP contribution in [0.1, 0.15) is 46.8 Å². The molecule has 11 N–H and O–H groups in total. The minimum Gasteiger partial charge on any atom is -0.571 e. The largest absolute Gasteiger partial charge is 0.571 e. The highest BCUT2D eigenvalue weighted by molar-refractivity contribution is 5.87. The number of carbonyl (C=O) groups is 2. The van der Waals surface area contributed by atoms with E-state index in [1.54, 1.807) is 18.2 Å². The Morgan fingerprint density at radius 3 is 2.37 bits per heavy atom. The Bertz CT molecular complexity index is 2150. The number of hydrogen-bond acceptors (Lipinski definition) is 17. The second-order valence-corrected chi connectivity index (χ2v) is 14.4. The zero-order chi connectivity index (χ0) is 42.9. The van der Waals surface area contributed by atoms with E-state index in [1.807, 2.05) is 6.92 Å². The van der Waals surface area contributed by atoms with Crippen LogP contribution in [0, 0.1) is 6.92 Å². The van der Waals surface area contributed by atoms with Gasteiger partial charge < -0.3 is 79.5 Å². The number of phenols is 4. The molecule has 18 heteroatoms. The fourth-order valence-corrected chi connectivity index (χ4v) is 7.04. The summed E-state index contributed by atoms with van der Waals surface area (Å²) in [7, 11) is 1.47. The molecular formula is C41H45O18+. The Labute approximate surface area is 336 Å². The SMILES string of the molecule is C=Cc1cc(C2[OH+]c3cc(O)cc(O)c3C=C2OC2OC(COC(=O)C3(O)CC(O)C(O)C(OC(=O)C=Cc4ccc(O)c(O)c4)C3)C(O)C(O)C2O)cc(OC)c1C. The highest BCUT2D eigenvalue weighted by atomic mass is 16.7. The summed E-state index contributed by atoms with van der Waals surface area (Å²) in [4.78, 5) is 25.9. The van der Waals surface area contributed by atoms with Gasteiger partial charge in [0.1, 0.15) is 66.0 Å². The second kappa shape index (κ2) is 17.2. The molecule has 2 aliphatic heterocycles. The second-order valence-electron chi connectivity index (χ2n) is 14.4. The van der Waals surface area contributed by atoms with Crippen molar-refractivity contribution in [3.8, 4) is 34.5 Å². The van der Waals surface area contributed by atoms with Crippen LogP contribution in [0.2, 0.25) is 0 Å². The Hall–Kier alpha value is -5.86. The Morgan fingerprint density at radius 1 is 0.932 bits per heavy atom. The zero-order valence-electron chi connectivity index (χ0n) is 31.7. The first kappa shape index (κ1) is 42.7. The number of hydrogen-bond donors (Lipinski definition) is 10. The normalized spacial score (nSPS) is 29.1. The quantitative estimate of drug-likeness (QED) is 0.0559. The van der Waals surface area contributed by atoms with Crippen molar-refractivity contribution < 1.29 is 89.1 Å². The molecule has 0 aromatic heterocycles. The lowest BCUT2D eigenvalue weighted by atomic mass is 9.79. The standard InChI is InChI=1S/C41H44O18/c1-4-20-10-21(11-28(54-3)18(20)2)38-30(14-23-25(44)12-22(42)13-29(23)57-38)58-39-37(51)36(50)35(49)32(59-39)17-55-40(52)41(53)15-27(46)34(48)31(16-41)56-33(47)8-6-19-5-7-24(43)26(45)9-19/h4-14,27,31-32,34-39,42-46,48-51,53H,1,15-17H2,2-3H3/p+1. The Balaban J connectivity index is 1.18. The van der Waals surface area contributed by atoms with Gasteiger partial charge in [-0.2, -0.15) is 0 Å². The van der Waals surface area contributed by atoms with Gasteiger partial charge in [0.2, 0.25) is 6.29 Å². The first-order valence-corrected chi connectivity index (χ1v) is 18.2. The zero-order valence-corrected chi connectivity index (χ0v) is 31.7. The molecule has 3 aliphatic rings. The summed E-state index contributed by atoms with van der Waals surface area (Å²) in [6.07, 6.45) is -11.5. The third kappa shape index (κ3) is 8.93. The van der Waals surface area contributed by atoms with Gasteiger partial charge in [-0.15, -0.1) is 0 Å². The van der Waals surface area contributed by atoms with E-state index >= 15 is 0 Å². The van der Waals surface area contributed by atoms with E-state index in [-0.39, 0.29) is 34.3 Å². The lowest BCUT2D eigenvalue weighted by Crippen LogP contribution is -2.60. The highest BCUT2D eigenvalue weighted by Crippen LogP contribution is 2.46. The molecule has 10 unspecified atom stereocenters. The van der Waals surface area contributed by atoms with Gasteiger partial charge in [0.15, 0.2) is 22.9 Å². The number of benzene rings is 3. The Morgan fingerprint density at radius 2 is 1.68 bits per heavy atom. The minimum absolute atomic E-state index is 0.0245. The number of aromatic hydroxyl groups is 5. The molecule has 18 nitrogen and oxygen atoms in total. The lowest BCUT2D eigenvalue weighted by Gasteiger charge is -2.42. The van der Waals surface area contributed by atoms with Gasteiger partial charge in [0.25, 0.3) is 11.9 Å². The number of phenolic OH excluding ortho intramolecular Hbond substituents is 4. The van der Waals surface area contributed by atoms with Gasteiger partial charge in [0.05, 0.1) is 24.8 Å². The van der Waals surface area contributed by atoms with Crippen molar-refractivity contribution in [2.75, 3.05) is 13.7 Å². The highest BCUT2D eigenvalue weighted by Gasteiger charge is 2.52. The number of aliphatic hydroxyl groups excluding tert-OH is 5. The minimum atomic E-state index is -2.53. The number of methoxy groups -OCH3 is 1. The van der Waals surface area contributed by atoms with Gasteiger partial charge in [-0.25, -0.2) is 9.59 Å². The summed E-state index contributed by atoms with van der Waals surface area (Å²) >= 11 is 0. The fraction of sp³-hybridized carbons (Fsp3) is 0.366. The molecule has 59 heavy (non-hydrogen) atoms. The van der Waals surface area contributed by atoms with Crippen molar-refractivity contribution in [1.82, 2.24) is 0 Å². The molecule has 1 saturated heterocycles. The molecule has 0 spiro atoms. The molecule has 0 radical (unpaired) electrons. The molecule has 3 aromatic rings. The number of aliphatic hydroxyl groups is 7. The van der Waals surface area contributed by atoms with Gasteiger partial charge in [-0.05, 0) is 54.0 Å². The molecule has 0 bridgehead atoms. The first-order chi connectivity index (χ1) is 27.9. The maximum Gasteiger partial charge on any atom is 0.338 e. The van der Waals surface area contributed by atoms with Crippen molar-refractivity contribution in [3.05, 3.63) is 88.7 Å². The lowest BCUT2D eigenvalue weighted by molar-refractivity contribution is -0.297. The van der Waals surface area contributed by atoms with Crippen LogP contribution in [0.25, 0.3) is 18.2 Å². The average Bonchev–Trinajstić information content (AvgIpc) is 3.19. The van der Waals surface area contributed by atoms with Crippen LogP contribution in [-0.4, -0.2) is 136 Å². The van der Waals surface area contributed by atoms with E-state index < -0.39 is 97.9 Å². The summed E-state index contributed by atoms with van der Waals surface area (Å²) in [5, 5.41) is 105. The van der Waals surface area contributed by atoms with Crippen LogP contribution in [-0.2, 0) is 28.5 Å². The maximum absolute atomic E-state index is 13.3. The molecular weight excluding hydrogens is 780 g/mol. The van der Waals surface area contributed by atoms with E-state index in [2.05, 4.69) is 11.3 Å². The smallest absolute Gasteiger partial charge is 0.338 e. The van der Waals surface area contributed by atoms with E-state index in [4.69, 9.17) is 23.7 Å². The van der Waals surface area contributed by atoms with Crippen LogP contribution in [0.5, 0.6) is 34.5 Å². The van der Waals surface area contributed by atoms with E-state index in [9.17, 15) is 60.7 Å². The maximum atomic E-state index is 13.3. The molecule has 1 aliphatic carbocycles. The number of esters is 2. The van der Waals surface area contributed by atoms with Crippen LogP contribution in [0.15, 0.2) is 60.9 Å². The third-order valence-electron chi connectivity index (χ3n) is 10.3. The monoisotopic (exact) mass is 825 g/mol. The molecule has 316 valence electrons. The summed E-state index contributed by atoms with van der Waals surface area (Å²) in [5.41, 5.74) is -0.156. The molecule has 2 fully saturated rings. The first-order valence-electron chi connectivity index (χ1n) is 18.2. The summed E-state index contributed by atoms with van der Waals surface area (Å²) < 4.78 is 32.7. The summed E-state index contributed by atoms with van der Waals surface area (Å²) in [6, 6.07) is 9.56. The number of rotatable bonds is 11. The van der Waals surface area contributed by atoms with Crippen molar-refractivity contribution in [2.45, 2.75) is 80.5 Å². The number of fused-ring (bicyclic) bond motifs is 1. The van der Waals surface area contributed by atoms with Crippen molar-refractivity contribution in [1.29, 1.82) is 0 Å². The van der Waals surface area contributed by atoms with Crippen LogP contribution in [0.3, 0.4) is 0 Å². The van der Waals surface area contributed by atoms with Crippen molar-refractivity contribution in [3.63, 3.8) is 0 Å². The third-order valence-corrected chi connectivity index (χ3v) is 10.3. The van der Waals surface area contributed by atoms with Gasteiger partial charge >= 0.3 is 11.9 Å². The molecule has 1 saturated carbocycles. The van der Waals surface area contributed by atoms with E-state index in [1.165, 1.54) is 37.5 Å². The van der Waals surface area contributed by atoms with Crippen molar-refractivity contribution >= 4 is 30.2 Å². The molecule has 3 aromatic carbocycles. The van der Waals surface area contributed by atoms with Crippen LogP contribution >= 0.6 is 0 Å². The van der Waals surface area contributed by atoms with Crippen molar-refractivity contribution in [2.24, 2.45) is 0 Å². The average molecular weight is 826 g/mol. The molecule has 0 amide bonds. The summed E-state index contributed by atoms with van der Waals surface area (Å²) in [6.45, 7) is 4.83. The van der Waals surface area contributed by atoms with Gasteiger partial charge in [-0.3, -0.25) is 0 Å². The molecule has 2 heterocycles. The van der Waals surface area contributed by atoms with Gasteiger partial charge in [-0.1, -0.05) is 18.7 Å². The van der Waals surface area contributed by atoms with Crippen LogP contribution < -0.4 is 4.74 Å². The predicted octanol–water partition coefficient (Wildman–Crippen LogP) is 1.05. The molecule has 6 rings (SSSR count). The summed E-state index contributed by atoms with van der Waals surface area (Å²) in [5.74, 6) is -3.24. The number of ether oxygens (including phenoxy) is 6. The van der Waals surface area contributed by atoms with E-state index in [0.717, 1.165) is 23.8 Å². The fourth-order valence-electron chi connectivity index (χ4n) is 7.04. The number of carbonyl (C=O) groups excluding carboxylic acids is 2. The topological polar surface area (TPSA) is 295 Å². The van der Waals surface area contributed by atoms with Crippen LogP contribution in [0.4, 0.5) is 0 Å². The Kier molecular flexibility index (Phi) is 12.4.